The van der Waals surface area contributed by atoms with Crippen LogP contribution in [0.4, 0.5) is 0 Å². The number of rotatable bonds is 10. The second kappa shape index (κ2) is 20.5. The van der Waals surface area contributed by atoms with E-state index >= 15 is 0 Å². The summed E-state index contributed by atoms with van der Waals surface area (Å²) in [6, 6.07) is 15.7. The molecule has 0 unspecified atom stereocenters. The number of esters is 2. The lowest BCUT2D eigenvalue weighted by Crippen LogP contribution is -2.20. The Kier molecular flexibility index (Phi) is 19.6. The number of ether oxygens (including phenoxy) is 2. The predicted molar refractivity (Wildman–Crippen MR) is 148 cm³/mol. The molecular weight excluding hydrogens is 555 g/mol. The van der Waals surface area contributed by atoms with E-state index in [2.05, 4.69) is 37.6 Å². The summed E-state index contributed by atoms with van der Waals surface area (Å²) in [7, 11) is 2.81. The van der Waals surface area contributed by atoms with Gasteiger partial charge in [0, 0.05) is 40.3 Å². The van der Waals surface area contributed by atoms with Gasteiger partial charge in [-0.05, 0) is 68.6 Å². The van der Waals surface area contributed by atoms with Crippen LogP contribution in [0.5, 0.6) is 0 Å². The summed E-state index contributed by atoms with van der Waals surface area (Å²) in [6.45, 7) is 4.82. The molecule has 9 heteroatoms. The Morgan fingerprint density at radius 1 is 0.857 bits per heavy atom. The van der Waals surface area contributed by atoms with E-state index in [1.54, 1.807) is 0 Å². The van der Waals surface area contributed by atoms with E-state index in [0.717, 1.165) is 40.3 Å². The minimum Gasteiger partial charge on any atom is -0.469 e. The highest BCUT2D eigenvalue weighted by Gasteiger charge is 2.05. The minimum absolute atomic E-state index is 0.0947. The summed E-state index contributed by atoms with van der Waals surface area (Å²) in [5.41, 5.74) is 7.92. The van der Waals surface area contributed by atoms with Gasteiger partial charge >= 0.3 is 11.9 Å². The molecular formula is C26H37BrCl2N2O4. The van der Waals surface area contributed by atoms with Crippen molar-refractivity contribution < 1.29 is 19.1 Å². The molecule has 2 aromatic carbocycles. The van der Waals surface area contributed by atoms with Crippen LogP contribution in [0.1, 0.15) is 62.7 Å². The molecule has 2 atom stereocenters. The smallest absolute Gasteiger partial charge is 0.305 e. The Morgan fingerprint density at radius 2 is 1.29 bits per heavy atom. The van der Waals surface area contributed by atoms with Crippen LogP contribution in [0.2, 0.25) is 10.0 Å². The van der Waals surface area contributed by atoms with Crippen molar-refractivity contribution in [3.8, 4) is 0 Å². The van der Waals surface area contributed by atoms with Gasteiger partial charge in [-0.15, -0.1) is 0 Å². The zero-order valence-electron chi connectivity index (χ0n) is 20.9. The largest absolute Gasteiger partial charge is 0.469 e. The van der Waals surface area contributed by atoms with E-state index in [-0.39, 0.29) is 24.0 Å². The number of carbonyl (C=O) groups excluding carboxylic acids is 2. The van der Waals surface area contributed by atoms with Gasteiger partial charge in [-0.3, -0.25) is 9.59 Å². The molecule has 0 spiro atoms. The highest BCUT2D eigenvalue weighted by atomic mass is 79.9. The third-order valence-corrected chi connectivity index (χ3v) is 5.81. The third kappa shape index (κ3) is 17.4. The Hall–Kier alpha value is -1.64. The Balaban J connectivity index is 0.000000545. The van der Waals surface area contributed by atoms with Gasteiger partial charge in [0.05, 0.1) is 14.2 Å². The fraction of sp³-hybridized carbons (Fsp3) is 0.462. The summed E-state index contributed by atoms with van der Waals surface area (Å²) in [5.74, 6) is -0.296. The van der Waals surface area contributed by atoms with Crippen LogP contribution in [0.15, 0.2) is 48.5 Å². The molecule has 2 aromatic rings. The average Bonchev–Trinajstić information content (AvgIpc) is 2.86. The molecule has 0 bridgehead atoms. The van der Waals surface area contributed by atoms with Gasteiger partial charge in [0.25, 0.3) is 0 Å². The Morgan fingerprint density at radius 3 is 1.69 bits per heavy atom. The van der Waals surface area contributed by atoms with E-state index in [1.807, 2.05) is 55.5 Å². The van der Waals surface area contributed by atoms with E-state index in [0.29, 0.717) is 12.8 Å². The molecule has 0 saturated heterocycles. The van der Waals surface area contributed by atoms with Gasteiger partial charge in [-0.25, -0.2) is 0 Å². The number of benzene rings is 2. The highest BCUT2D eigenvalue weighted by molar-refractivity contribution is 9.09. The van der Waals surface area contributed by atoms with Crippen molar-refractivity contribution in [1.82, 2.24) is 5.32 Å². The molecule has 0 aliphatic carbocycles. The van der Waals surface area contributed by atoms with E-state index in [4.69, 9.17) is 28.9 Å². The average molecular weight is 592 g/mol. The van der Waals surface area contributed by atoms with Crippen molar-refractivity contribution in [3.63, 3.8) is 0 Å². The quantitative estimate of drug-likeness (QED) is 0.183. The highest BCUT2D eigenvalue weighted by Crippen LogP contribution is 2.16. The lowest BCUT2D eigenvalue weighted by Gasteiger charge is -2.13. The number of alkyl halides is 1. The maximum absolute atomic E-state index is 10.9. The van der Waals surface area contributed by atoms with Crippen LogP contribution in [-0.2, 0) is 19.1 Å². The first-order valence-electron chi connectivity index (χ1n) is 11.3. The van der Waals surface area contributed by atoms with Crippen LogP contribution in [0, 0.1) is 0 Å². The molecule has 0 aliphatic rings. The molecule has 0 fully saturated rings. The maximum Gasteiger partial charge on any atom is 0.305 e. The predicted octanol–water partition coefficient (Wildman–Crippen LogP) is 6.64. The first kappa shape index (κ1) is 33.4. The standard InChI is InChI=1S/C13H18ClNO2.C8H10ClN.C5H9BrO2/c1-10(11-5-7-12(14)8-6-11)15-9-3-4-13(16)17-2;1-6(10)7-2-4-8(9)5-3-7;1-8-5(7)3-2-4-6/h5-8,10,15H,3-4,9H2,1-2H3;2-6H,10H2,1H3;2-4H2,1H3/t10-;6-;/m11./s1. The van der Waals surface area contributed by atoms with Gasteiger partial charge in [-0.2, -0.15) is 0 Å². The number of nitrogens with two attached hydrogens (primary N) is 1. The van der Waals surface area contributed by atoms with Gasteiger partial charge in [0.2, 0.25) is 0 Å². The van der Waals surface area contributed by atoms with Crippen molar-refractivity contribution in [3.05, 3.63) is 69.7 Å². The molecule has 0 aromatic heterocycles. The molecule has 3 N–H and O–H groups in total. The monoisotopic (exact) mass is 590 g/mol. The van der Waals surface area contributed by atoms with Gasteiger partial charge in [0.15, 0.2) is 0 Å². The Bertz CT molecular complexity index is 834. The van der Waals surface area contributed by atoms with Gasteiger partial charge < -0.3 is 20.5 Å². The molecule has 2 rings (SSSR count). The van der Waals surface area contributed by atoms with Crippen LogP contribution in [-0.4, -0.2) is 38.0 Å². The number of methoxy groups -OCH3 is 2. The second-order valence-electron chi connectivity index (χ2n) is 7.62. The van der Waals surface area contributed by atoms with Crippen LogP contribution in [0.25, 0.3) is 0 Å². The SMILES string of the molecule is COC(=O)CCCBr.COC(=O)CCCN[C@H](C)c1ccc(Cl)cc1.C[C@@H](N)c1ccc(Cl)cc1. The summed E-state index contributed by atoms with van der Waals surface area (Å²) >= 11 is 14.7. The van der Waals surface area contributed by atoms with Crippen molar-refractivity contribution in [1.29, 1.82) is 0 Å². The normalized spacial score (nSPS) is 11.7. The van der Waals surface area contributed by atoms with Crippen molar-refractivity contribution >= 4 is 51.1 Å². The molecule has 0 amide bonds. The lowest BCUT2D eigenvalue weighted by atomic mass is 10.1. The van der Waals surface area contributed by atoms with E-state index in [9.17, 15) is 9.59 Å². The van der Waals surface area contributed by atoms with E-state index in [1.165, 1.54) is 19.8 Å². The number of nitrogens with one attached hydrogen (secondary N) is 1. The summed E-state index contributed by atoms with van der Waals surface area (Å²) in [6.07, 6.45) is 2.61. The summed E-state index contributed by atoms with van der Waals surface area (Å²) in [4.78, 5) is 21.2. The second-order valence-corrected chi connectivity index (χ2v) is 9.28. The topological polar surface area (TPSA) is 90.6 Å². The molecule has 0 aliphatic heterocycles. The molecule has 6 nitrogen and oxygen atoms in total. The fourth-order valence-corrected chi connectivity index (χ4v) is 3.13. The van der Waals surface area contributed by atoms with Crippen molar-refractivity contribution in [2.24, 2.45) is 5.73 Å². The zero-order valence-corrected chi connectivity index (χ0v) is 24.0. The number of carbonyl (C=O) groups is 2. The van der Waals surface area contributed by atoms with Crippen molar-refractivity contribution in [2.75, 3.05) is 26.1 Å². The fourth-order valence-electron chi connectivity index (χ4n) is 2.60. The Labute approximate surface area is 228 Å². The minimum atomic E-state index is -0.161. The van der Waals surface area contributed by atoms with Gasteiger partial charge in [-0.1, -0.05) is 63.4 Å². The maximum atomic E-state index is 10.9. The number of hydrogen-bond acceptors (Lipinski definition) is 6. The molecule has 196 valence electrons. The van der Waals surface area contributed by atoms with Crippen LogP contribution < -0.4 is 11.1 Å². The first-order valence-corrected chi connectivity index (χ1v) is 13.2. The number of hydrogen-bond donors (Lipinski definition) is 2. The number of halogens is 3. The van der Waals surface area contributed by atoms with Crippen LogP contribution in [0.3, 0.4) is 0 Å². The van der Waals surface area contributed by atoms with Gasteiger partial charge in [0.1, 0.15) is 0 Å². The van der Waals surface area contributed by atoms with Crippen molar-refractivity contribution in [2.45, 2.75) is 51.6 Å². The molecule has 0 heterocycles. The molecule has 0 radical (unpaired) electrons. The zero-order chi connectivity index (χ0) is 26.6. The lowest BCUT2D eigenvalue weighted by molar-refractivity contribution is -0.141. The van der Waals surface area contributed by atoms with Crippen LogP contribution >= 0.6 is 39.1 Å². The first-order chi connectivity index (χ1) is 16.6. The van der Waals surface area contributed by atoms with E-state index < -0.39 is 0 Å². The molecule has 0 saturated carbocycles. The summed E-state index contributed by atoms with van der Waals surface area (Å²) in [5, 5.41) is 5.71. The summed E-state index contributed by atoms with van der Waals surface area (Å²) < 4.78 is 8.97. The molecule has 35 heavy (non-hydrogen) atoms. The third-order valence-electron chi connectivity index (χ3n) is 4.74.